The first-order valence-corrected chi connectivity index (χ1v) is 11.6. The first-order valence-electron chi connectivity index (χ1n) is 10.8. The molecule has 1 saturated heterocycles. The Bertz CT molecular complexity index is 773. The fraction of sp³-hybridized carbons (Fsp3) is 0.542. The molecule has 0 N–H and O–H groups in total. The second kappa shape index (κ2) is 10.7. The lowest BCUT2D eigenvalue weighted by Crippen LogP contribution is -2.46. The van der Waals surface area contributed by atoms with Crippen LogP contribution < -0.4 is 4.90 Å². The monoisotopic (exact) mass is 432 g/mol. The van der Waals surface area contributed by atoms with Crippen molar-refractivity contribution >= 4 is 35.7 Å². The lowest BCUT2D eigenvalue weighted by atomic mass is 9.87. The second-order valence-electron chi connectivity index (χ2n) is 8.34. The van der Waals surface area contributed by atoms with Crippen molar-refractivity contribution in [1.29, 1.82) is 0 Å². The van der Waals surface area contributed by atoms with E-state index < -0.39 is 0 Å². The summed E-state index contributed by atoms with van der Waals surface area (Å²) < 4.78 is 0. The Morgan fingerprint density at radius 2 is 1.69 bits per heavy atom. The molecular weight excluding hydrogens is 400 g/mol. The van der Waals surface area contributed by atoms with E-state index in [2.05, 4.69) is 48.4 Å². The first kappa shape index (κ1) is 22.5. The van der Waals surface area contributed by atoms with Crippen molar-refractivity contribution in [1.82, 2.24) is 4.90 Å². The summed E-state index contributed by atoms with van der Waals surface area (Å²) in [6, 6.07) is 8.09. The van der Waals surface area contributed by atoms with Crippen LogP contribution in [-0.4, -0.2) is 43.4 Å². The minimum atomic E-state index is 0.299. The average molecular weight is 433 g/mol. The maximum absolute atomic E-state index is 13.0. The zero-order valence-corrected chi connectivity index (χ0v) is 19.4. The Kier molecular flexibility index (Phi) is 8.28. The van der Waals surface area contributed by atoms with E-state index in [1.807, 2.05) is 12.1 Å². The first-order chi connectivity index (χ1) is 14.0. The summed E-state index contributed by atoms with van der Waals surface area (Å²) in [7, 11) is 0. The van der Waals surface area contributed by atoms with Gasteiger partial charge in [-0.1, -0.05) is 17.2 Å². The highest BCUT2D eigenvalue weighted by Crippen LogP contribution is 2.34. The summed E-state index contributed by atoms with van der Waals surface area (Å²) in [5, 5.41) is 0.779. The number of anilines is 1. The summed E-state index contributed by atoms with van der Waals surface area (Å²) >= 11 is 10.7. The van der Waals surface area contributed by atoms with Crippen LogP contribution in [0.4, 0.5) is 5.69 Å². The Balaban J connectivity index is 1.47. The minimum absolute atomic E-state index is 0.299. The maximum atomic E-state index is 13.0. The van der Waals surface area contributed by atoms with Gasteiger partial charge in [0.15, 0.2) is 5.78 Å². The summed E-state index contributed by atoms with van der Waals surface area (Å²) in [5.41, 5.74) is 4.54. The lowest BCUT2D eigenvalue weighted by molar-refractivity contribution is -0.115. The molecule has 1 aliphatic heterocycles. The Labute approximate surface area is 186 Å². The molecule has 0 amide bonds. The Morgan fingerprint density at radius 3 is 2.31 bits per heavy atom. The van der Waals surface area contributed by atoms with Gasteiger partial charge in [-0.2, -0.15) is 0 Å². The predicted octanol–water partition coefficient (Wildman–Crippen LogP) is 5.91. The number of allylic oxidation sites excluding steroid dienone is 4. The van der Waals surface area contributed by atoms with E-state index in [0.29, 0.717) is 12.2 Å². The van der Waals surface area contributed by atoms with Gasteiger partial charge >= 0.3 is 0 Å². The van der Waals surface area contributed by atoms with E-state index in [1.165, 1.54) is 24.1 Å². The van der Waals surface area contributed by atoms with E-state index in [0.717, 1.165) is 73.1 Å². The van der Waals surface area contributed by atoms with Crippen LogP contribution in [0.1, 0.15) is 52.4 Å². The van der Waals surface area contributed by atoms with Crippen LogP contribution in [0.25, 0.3) is 0 Å². The molecule has 0 bridgehead atoms. The number of halogens is 1. The molecule has 2 aliphatic rings. The molecule has 0 radical (unpaired) electrons. The van der Waals surface area contributed by atoms with Crippen LogP contribution in [0.5, 0.6) is 0 Å². The molecule has 29 heavy (non-hydrogen) atoms. The molecule has 0 unspecified atom stereocenters. The van der Waals surface area contributed by atoms with Crippen molar-refractivity contribution in [2.24, 2.45) is 0 Å². The largest absolute Gasteiger partial charge is 0.369 e. The number of thiol groups is 1. The van der Waals surface area contributed by atoms with Gasteiger partial charge in [-0.15, -0.1) is 12.6 Å². The number of rotatable bonds is 7. The summed E-state index contributed by atoms with van der Waals surface area (Å²) in [6.45, 7) is 9.23. The standard InChI is InChI=1S/C24H33ClN2OS/c1-18(2)24(21-6-3-4-8-23(21)29)22(28)7-5-13-26-14-16-27(17-15-26)20-11-9-19(25)10-12-20/h9-12,29H,3-8,13-17H2,1-2H3. The number of carbonyl (C=O) groups is 1. The van der Waals surface area contributed by atoms with Crippen LogP contribution in [-0.2, 0) is 4.79 Å². The smallest absolute Gasteiger partial charge is 0.163 e. The van der Waals surface area contributed by atoms with Crippen LogP contribution in [0.2, 0.25) is 5.02 Å². The molecule has 158 valence electrons. The summed E-state index contributed by atoms with van der Waals surface area (Å²) in [6.07, 6.45) is 5.92. The fourth-order valence-corrected chi connectivity index (χ4v) is 4.89. The molecule has 1 aliphatic carbocycles. The van der Waals surface area contributed by atoms with Crippen molar-refractivity contribution in [3.63, 3.8) is 0 Å². The van der Waals surface area contributed by atoms with Gasteiger partial charge in [0, 0.05) is 48.9 Å². The molecule has 3 rings (SSSR count). The highest BCUT2D eigenvalue weighted by Gasteiger charge is 2.22. The van der Waals surface area contributed by atoms with Crippen LogP contribution in [0.3, 0.4) is 0 Å². The van der Waals surface area contributed by atoms with Gasteiger partial charge in [0.2, 0.25) is 0 Å². The molecule has 3 nitrogen and oxygen atoms in total. The van der Waals surface area contributed by atoms with E-state index in [-0.39, 0.29) is 0 Å². The van der Waals surface area contributed by atoms with Gasteiger partial charge in [0.05, 0.1) is 0 Å². The third-order valence-corrected chi connectivity index (χ3v) is 6.71. The molecule has 1 aromatic rings. The van der Waals surface area contributed by atoms with Gasteiger partial charge in [-0.3, -0.25) is 9.69 Å². The number of ketones is 1. The lowest BCUT2D eigenvalue weighted by Gasteiger charge is -2.36. The fourth-order valence-electron chi connectivity index (χ4n) is 4.38. The van der Waals surface area contributed by atoms with Crippen molar-refractivity contribution < 1.29 is 4.79 Å². The third-order valence-electron chi connectivity index (χ3n) is 5.96. The third kappa shape index (κ3) is 6.13. The number of hydrogen-bond acceptors (Lipinski definition) is 4. The van der Waals surface area contributed by atoms with E-state index in [9.17, 15) is 4.79 Å². The summed E-state index contributed by atoms with van der Waals surface area (Å²) in [4.78, 5) is 19.0. The van der Waals surface area contributed by atoms with E-state index in [4.69, 9.17) is 11.6 Å². The number of nitrogens with zero attached hydrogens (tertiary/aromatic N) is 2. The average Bonchev–Trinajstić information content (AvgIpc) is 2.71. The van der Waals surface area contributed by atoms with E-state index in [1.54, 1.807) is 0 Å². The Hall–Kier alpha value is -1.23. The topological polar surface area (TPSA) is 23.6 Å². The number of piperazine rings is 1. The number of benzene rings is 1. The highest BCUT2D eigenvalue weighted by molar-refractivity contribution is 7.84. The molecule has 0 saturated carbocycles. The summed E-state index contributed by atoms with van der Waals surface area (Å²) in [5.74, 6) is 0.299. The zero-order chi connectivity index (χ0) is 20.8. The van der Waals surface area contributed by atoms with Gasteiger partial charge in [0.25, 0.3) is 0 Å². The maximum Gasteiger partial charge on any atom is 0.163 e. The van der Waals surface area contributed by atoms with Crippen molar-refractivity contribution in [2.75, 3.05) is 37.6 Å². The highest BCUT2D eigenvalue weighted by atomic mass is 35.5. The van der Waals surface area contributed by atoms with Crippen molar-refractivity contribution in [3.8, 4) is 0 Å². The van der Waals surface area contributed by atoms with E-state index >= 15 is 0 Å². The molecule has 1 heterocycles. The van der Waals surface area contributed by atoms with Crippen molar-refractivity contribution in [3.05, 3.63) is 50.9 Å². The molecule has 0 spiro atoms. The molecule has 5 heteroatoms. The van der Waals surface area contributed by atoms with Gasteiger partial charge in [-0.25, -0.2) is 0 Å². The molecule has 1 fully saturated rings. The SMILES string of the molecule is CC(C)=C(C(=O)CCCN1CCN(c2ccc(Cl)cc2)CC1)C1=C(S)CCCC1. The predicted molar refractivity (Wildman–Crippen MR) is 127 cm³/mol. The molecule has 0 atom stereocenters. The number of hydrogen-bond donors (Lipinski definition) is 1. The molecule has 0 aromatic heterocycles. The van der Waals surface area contributed by atoms with Crippen LogP contribution in [0.15, 0.2) is 45.9 Å². The van der Waals surface area contributed by atoms with Crippen LogP contribution in [0, 0.1) is 0 Å². The number of carbonyl (C=O) groups excluding carboxylic acids is 1. The molecular formula is C24H33ClN2OS. The van der Waals surface area contributed by atoms with Gasteiger partial charge < -0.3 is 4.90 Å². The normalized spacial score (nSPS) is 18.1. The minimum Gasteiger partial charge on any atom is -0.369 e. The Morgan fingerprint density at radius 1 is 1.03 bits per heavy atom. The van der Waals surface area contributed by atoms with Gasteiger partial charge in [-0.05, 0) is 87.2 Å². The second-order valence-corrected chi connectivity index (χ2v) is 9.32. The zero-order valence-electron chi connectivity index (χ0n) is 17.7. The van der Waals surface area contributed by atoms with Crippen LogP contribution >= 0.6 is 24.2 Å². The number of Topliss-reactive ketones (excluding diaryl/α,β-unsaturated/α-hetero) is 1. The molecule has 1 aromatic carbocycles. The van der Waals surface area contributed by atoms with Crippen molar-refractivity contribution in [2.45, 2.75) is 52.4 Å². The van der Waals surface area contributed by atoms with Gasteiger partial charge in [0.1, 0.15) is 0 Å². The quantitative estimate of drug-likeness (QED) is 0.428.